The van der Waals surface area contributed by atoms with Crippen LogP contribution in [0.5, 0.6) is 0 Å². The second-order valence-corrected chi connectivity index (χ2v) is 4.62. The van der Waals surface area contributed by atoms with Crippen molar-refractivity contribution in [2.24, 2.45) is 0 Å². The molecule has 0 saturated carbocycles. The molecule has 0 fully saturated rings. The van der Waals surface area contributed by atoms with Crippen LogP contribution >= 0.6 is 15.9 Å². The summed E-state index contributed by atoms with van der Waals surface area (Å²) in [6, 6.07) is 4.22. The molecule has 1 aromatic carbocycles. The van der Waals surface area contributed by atoms with E-state index >= 15 is 0 Å². The number of hydrogen-bond acceptors (Lipinski definition) is 2. The topological polar surface area (TPSA) is 41.6 Å². The summed E-state index contributed by atoms with van der Waals surface area (Å²) in [6.07, 6.45) is 2.61. The summed E-state index contributed by atoms with van der Waals surface area (Å²) >= 11 is 3.09. The van der Waals surface area contributed by atoms with Crippen molar-refractivity contribution < 1.29 is 8.78 Å². The van der Waals surface area contributed by atoms with Gasteiger partial charge >= 0.3 is 0 Å². The normalized spacial score (nSPS) is 11.1. The van der Waals surface area contributed by atoms with Crippen LogP contribution in [0.3, 0.4) is 0 Å². The van der Waals surface area contributed by atoms with Crippen LogP contribution in [0.2, 0.25) is 0 Å². The van der Waals surface area contributed by atoms with E-state index in [0.29, 0.717) is 26.9 Å². The molecule has 3 nitrogen and oxygen atoms in total. The van der Waals surface area contributed by atoms with Crippen molar-refractivity contribution in [1.29, 1.82) is 0 Å². The highest BCUT2D eigenvalue weighted by atomic mass is 79.9. The lowest BCUT2D eigenvalue weighted by molar-refractivity contribution is 0.621. The monoisotopic (exact) mass is 309 g/mol. The van der Waals surface area contributed by atoms with E-state index in [-0.39, 0.29) is 5.82 Å². The number of aromatic amines is 1. The number of fused-ring (bicyclic) bond motifs is 1. The molecule has 0 bridgehead atoms. The Morgan fingerprint density at radius 1 is 1.11 bits per heavy atom. The van der Waals surface area contributed by atoms with E-state index < -0.39 is 5.82 Å². The van der Waals surface area contributed by atoms with Gasteiger partial charge in [-0.05, 0) is 28.1 Å². The number of hydrogen-bond donors (Lipinski definition) is 1. The molecule has 3 aromatic rings. The Morgan fingerprint density at radius 2 is 1.94 bits per heavy atom. The number of rotatable bonds is 1. The van der Waals surface area contributed by atoms with Gasteiger partial charge in [0, 0.05) is 17.8 Å². The molecule has 0 saturated heterocycles. The molecular formula is C12H6BrF2N3. The maximum Gasteiger partial charge on any atom is 0.142 e. The van der Waals surface area contributed by atoms with Crippen molar-refractivity contribution >= 4 is 27.0 Å². The van der Waals surface area contributed by atoms with Crippen molar-refractivity contribution in [3.05, 3.63) is 46.7 Å². The number of halogens is 3. The average molecular weight is 310 g/mol. The van der Waals surface area contributed by atoms with E-state index in [9.17, 15) is 8.78 Å². The van der Waals surface area contributed by atoms with Gasteiger partial charge in [0.25, 0.3) is 0 Å². The van der Waals surface area contributed by atoms with Gasteiger partial charge in [0.05, 0.1) is 21.7 Å². The van der Waals surface area contributed by atoms with Crippen LogP contribution < -0.4 is 0 Å². The van der Waals surface area contributed by atoms with Crippen molar-refractivity contribution in [2.45, 2.75) is 0 Å². The standard InChI is InChI=1S/C12H6BrF2N3/c13-8-2-10-11(3-9(8)15)18-12(17-10)6-1-7(14)5-16-4-6/h1-5H,(H,17,18). The van der Waals surface area contributed by atoms with E-state index in [4.69, 9.17) is 0 Å². The molecule has 0 aliphatic rings. The molecule has 2 heterocycles. The highest BCUT2D eigenvalue weighted by Gasteiger charge is 2.09. The number of benzene rings is 1. The lowest BCUT2D eigenvalue weighted by Gasteiger charge is -1.94. The largest absolute Gasteiger partial charge is 0.338 e. The van der Waals surface area contributed by atoms with Crippen LogP contribution in [0.25, 0.3) is 22.4 Å². The third-order valence-corrected chi connectivity index (χ3v) is 3.11. The van der Waals surface area contributed by atoms with Crippen LogP contribution in [-0.2, 0) is 0 Å². The van der Waals surface area contributed by atoms with E-state index in [1.54, 1.807) is 6.07 Å². The molecular weight excluding hydrogens is 304 g/mol. The Hall–Kier alpha value is -1.82. The highest BCUT2D eigenvalue weighted by Crippen LogP contribution is 2.25. The number of aromatic nitrogens is 3. The fraction of sp³-hybridized carbons (Fsp3) is 0. The van der Waals surface area contributed by atoms with Crippen molar-refractivity contribution in [3.8, 4) is 11.4 Å². The number of pyridine rings is 1. The summed E-state index contributed by atoms with van der Waals surface area (Å²) in [7, 11) is 0. The van der Waals surface area contributed by atoms with Gasteiger partial charge in [-0.15, -0.1) is 0 Å². The van der Waals surface area contributed by atoms with Gasteiger partial charge in [-0.3, -0.25) is 4.98 Å². The van der Waals surface area contributed by atoms with Crippen LogP contribution in [0, 0.1) is 11.6 Å². The maximum atomic E-state index is 13.4. The minimum atomic E-state index is -0.444. The van der Waals surface area contributed by atoms with E-state index in [0.717, 1.165) is 6.20 Å². The molecule has 0 aliphatic heterocycles. The quantitative estimate of drug-likeness (QED) is 0.745. The number of H-pyrrole nitrogens is 1. The van der Waals surface area contributed by atoms with Crippen molar-refractivity contribution in [1.82, 2.24) is 15.0 Å². The minimum absolute atomic E-state index is 0.338. The highest BCUT2D eigenvalue weighted by molar-refractivity contribution is 9.10. The summed E-state index contributed by atoms with van der Waals surface area (Å²) < 4.78 is 26.8. The van der Waals surface area contributed by atoms with E-state index in [1.165, 1.54) is 18.3 Å². The van der Waals surface area contributed by atoms with Crippen molar-refractivity contribution in [2.75, 3.05) is 0 Å². The second kappa shape index (κ2) is 4.13. The van der Waals surface area contributed by atoms with Crippen LogP contribution in [0.1, 0.15) is 0 Å². The summed E-state index contributed by atoms with van der Waals surface area (Å²) in [5.41, 5.74) is 1.67. The Labute approximate surface area is 109 Å². The Bertz CT molecular complexity index is 700. The number of imidazole rings is 1. The Kier molecular flexibility index (Phi) is 2.59. The first-order valence-electron chi connectivity index (χ1n) is 5.09. The molecule has 1 N–H and O–H groups in total. The van der Waals surface area contributed by atoms with E-state index in [2.05, 4.69) is 30.9 Å². The van der Waals surface area contributed by atoms with Gasteiger partial charge in [0.2, 0.25) is 0 Å². The predicted octanol–water partition coefficient (Wildman–Crippen LogP) is 3.67. The third-order valence-electron chi connectivity index (χ3n) is 2.50. The molecule has 0 spiro atoms. The fourth-order valence-electron chi connectivity index (χ4n) is 1.68. The molecule has 18 heavy (non-hydrogen) atoms. The molecule has 2 aromatic heterocycles. The molecule has 0 amide bonds. The van der Waals surface area contributed by atoms with Crippen LogP contribution in [0.4, 0.5) is 8.78 Å². The Morgan fingerprint density at radius 3 is 2.72 bits per heavy atom. The molecule has 0 unspecified atom stereocenters. The summed E-state index contributed by atoms with van der Waals surface area (Å²) in [5.74, 6) is -0.370. The Balaban J connectivity index is 2.19. The predicted molar refractivity (Wildman–Crippen MR) is 66.9 cm³/mol. The lowest BCUT2D eigenvalue weighted by Crippen LogP contribution is -1.84. The molecule has 0 radical (unpaired) electrons. The third kappa shape index (κ3) is 1.88. The van der Waals surface area contributed by atoms with Gasteiger partial charge in [0.15, 0.2) is 0 Å². The smallest absolute Gasteiger partial charge is 0.142 e. The lowest BCUT2D eigenvalue weighted by atomic mass is 10.3. The van der Waals surface area contributed by atoms with Gasteiger partial charge in [-0.2, -0.15) is 0 Å². The zero-order valence-electron chi connectivity index (χ0n) is 8.92. The number of nitrogens with zero attached hydrogens (tertiary/aromatic N) is 2. The first-order valence-corrected chi connectivity index (χ1v) is 5.88. The molecule has 3 rings (SSSR count). The van der Waals surface area contributed by atoms with Crippen molar-refractivity contribution in [3.63, 3.8) is 0 Å². The van der Waals surface area contributed by atoms with Gasteiger partial charge in [-0.1, -0.05) is 0 Å². The minimum Gasteiger partial charge on any atom is -0.338 e. The average Bonchev–Trinajstić information content (AvgIpc) is 2.73. The number of nitrogens with one attached hydrogen (secondary N) is 1. The molecule has 0 atom stereocenters. The van der Waals surface area contributed by atoms with Crippen LogP contribution in [-0.4, -0.2) is 15.0 Å². The summed E-state index contributed by atoms with van der Waals surface area (Å²) in [5, 5.41) is 0. The summed E-state index contributed by atoms with van der Waals surface area (Å²) in [6.45, 7) is 0. The zero-order chi connectivity index (χ0) is 12.7. The maximum absolute atomic E-state index is 13.4. The van der Waals surface area contributed by atoms with Gasteiger partial charge in [0.1, 0.15) is 17.5 Å². The molecule has 0 aliphatic carbocycles. The van der Waals surface area contributed by atoms with Gasteiger partial charge in [-0.25, -0.2) is 13.8 Å². The SMILES string of the molecule is Fc1cncc(-c2nc3cc(Br)c(F)cc3[nH]2)c1. The zero-order valence-corrected chi connectivity index (χ0v) is 10.5. The van der Waals surface area contributed by atoms with Gasteiger partial charge < -0.3 is 4.98 Å². The molecule has 6 heteroatoms. The second-order valence-electron chi connectivity index (χ2n) is 3.76. The molecule has 90 valence electrons. The fourth-order valence-corrected chi connectivity index (χ4v) is 2.01. The van der Waals surface area contributed by atoms with Crippen LogP contribution in [0.15, 0.2) is 35.1 Å². The van der Waals surface area contributed by atoms with E-state index in [1.807, 2.05) is 0 Å². The first-order chi connectivity index (χ1) is 8.63. The first kappa shape index (κ1) is 11.3. The summed E-state index contributed by atoms with van der Waals surface area (Å²) in [4.78, 5) is 10.9.